The summed E-state index contributed by atoms with van der Waals surface area (Å²) in [5.41, 5.74) is 6.68. The number of allylic oxidation sites excluding steroid dienone is 2. The van der Waals surface area contributed by atoms with Crippen LogP contribution in [-0.4, -0.2) is 22.6 Å². The van der Waals surface area contributed by atoms with Gasteiger partial charge < -0.3 is 15.7 Å². The second kappa shape index (κ2) is 12.2. The number of amidine groups is 1. The average molecular weight is 520 g/mol. The summed E-state index contributed by atoms with van der Waals surface area (Å²) in [6.45, 7) is 11.7. The lowest BCUT2D eigenvalue weighted by atomic mass is 9.98. The van der Waals surface area contributed by atoms with Crippen molar-refractivity contribution in [1.82, 2.24) is 5.32 Å². The maximum absolute atomic E-state index is 12.7. The predicted molar refractivity (Wildman–Crippen MR) is 158 cm³/mol. The van der Waals surface area contributed by atoms with E-state index in [1.165, 1.54) is 6.08 Å². The molecule has 0 spiro atoms. The lowest BCUT2D eigenvalue weighted by molar-refractivity contribution is -0.114. The molecule has 6 heteroatoms. The van der Waals surface area contributed by atoms with Gasteiger partial charge in [0, 0.05) is 29.8 Å². The second-order valence-corrected chi connectivity index (χ2v) is 9.73. The summed E-state index contributed by atoms with van der Waals surface area (Å²) >= 11 is 0. The van der Waals surface area contributed by atoms with Gasteiger partial charge in [-0.2, -0.15) is 0 Å². The monoisotopic (exact) mass is 519 g/mol. The highest BCUT2D eigenvalue weighted by Gasteiger charge is 2.17. The van der Waals surface area contributed by atoms with Crippen molar-refractivity contribution in [3.8, 4) is 5.75 Å². The van der Waals surface area contributed by atoms with E-state index in [0.29, 0.717) is 29.7 Å². The lowest BCUT2D eigenvalue weighted by Crippen LogP contribution is -2.26. The van der Waals surface area contributed by atoms with E-state index in [-0.39, 0.29) is 29.9 Å². The van der Waals surface area contributed by atoms with Gasteiger partial charge in [0.2, 0.25) is 0 Å². The Morgan fingerprint density at radius 3 is 2.64 bits per heavy atom. The molecule has 1 aliphatic rings. The van der Waals surface area contributed by atoms with Gasteiger partial charge in [0.1, 0.15) is 11.6 Å². The maximum atomic E-state index is 12.7. The molecule has 1 heterocycles. The van der Waals surface area contributed by atoms with Crippen molar-refractivity contribution in [3.05, 3.63) is 125 Å². The SMILES string of the molecule is C=CC(=O)CCc1cc(C2=CC(=C)CC(=NC(C)c3cccc(NC(=O)c4ccc(C)cc4)c3)N2)ccc1O. The number of nitrogens with one attached hydrogen (secondary N) is 2. The number of phenolic OH excluding ortho intramolecular Hbond substituents is 1. The first-order chi connectivity index (χ1) is 18.7. The molecule has 198 valence electrons. The summed E-state index contributed by atoms with van der Waals surface area (Å²) in [5.74, 6) is 0.705. The van der Waals surface area contributed by atoms with Gasteiger partial charge in [0.15, 0.2) is 5.78 Å². The first-order valence-corrected chi connectivity index (χ1v) is 12.9. The topological polar surface area (TPSA) is 90.8 Å². The number of rotatable bonds is 9. The van der Waals surface area contributed by atoms with Crippen molar-refractivity contribution in [1.29, 1.82) is 0 Å². The molecule has 1 unspecified atom stereocenters. The summed E-state index contributed by atoms with van der Waals surface area (Å²) in [7, 11) is 0. The van der Waals surface area contributed by atoms with Crippen LogP contribution >= 0.6 is 0 Å². The number of benzene rings is 3. The lowest BCUT2D eigenvalue weighted by Gasteiger charge is -2.22. The molecule has 0 bridgehead atoms. The first-order valence-electron chi connectivity index (χ1n) is 12.9. The van der Waals surface area contributed by atoms with E-state index >= 15 is 0 Å². The number of aryl methyl sites for hydroxylation is 2. The molecule has 1 amide bonds. The van der Waals surface area contributed by atoms with E-state index in [4.69, 9.17) is 4.99 Å². The Bertz CT molecular complexity index is 1480. The van der Waals surface area contributed by atoms with Crippen molar-refractivity contribution in [2.45, 2.75) is 39.2 Å². The Labute approximate surface area is 229 Å². The van der Waals surface area contributed by atoms with E-state index in [1.54, 1.807) is 6.07 Å². The van der Waals surface area contributed by atoms with Crippen LogP contribution in [0.5, 0.6) is 5.75 Å². The Morgan fingerprint density at radius 2 is 1.90 bits per heavy atom. The summed E-state index contributed by atoms with van der Waals surface area (Å²) < 4.78 is 0. The zero-order valence-electron chi connectivity index (χ0n) is 22.3. The number of hydrogen-bond donors (Lipinski definition) is 3. The molecule has 0 aromatic heterocycles. The molecule has 1 aliphatic heterocycles. The fraction of sp³-hybridized carbons (Fsp3) is 0.182. The van der Waals surface area contributed by atoms with Crippen LogP contribution < -0.4 is 10.6 Å². The number of ketones is 1. The van der Waals surface area contributed by atoms with Crippen molar-refractivity contribution in [2.75, 3.05) is 5.32 Å². The molecule has 6 nitrogen and oxygen atoms in total. The highest BCUT2D eigenvalue weighted by molar-refractivity contribution is 6.04. The average Bonchev–Trinajstić information content (AvgIpc) is 2.92. The predicted octanol–water partition coefficient (Wildman–Crippen LogP) is 6.69. The van der Waals surface area contributed by atoms with Crippen LogP contribution in [0.3, 0.4) is 0 Å². The smallest absolute Gasteiger partial charge is 0.255 e. The van der Waals surface area contributed by atoms with Gasteiger partial charge in [-0.25, -0.2) is 0 Å². The molecule has 0 saturated carbocycles. The summed E-state index contributed by atoms with van der Waals surface area (Å²) in [4.78, 5) is 29.2. The van der Waals surface area contributed by atoms with Gasteiger partial charge in [-0.05, 0) is 97.1 Å². The van der Waals surface area contributed by atoms with E-state index < -0.39 is 0 Å². The van der Waals surface area contributed by atoms with Crippen LogP contribution in [0.2, 0.25) is 0 Å². The van der Waals surface area contributed by atoms with Gasteiger partial charge in [-0.1, -0.05) is 43.0 Å². The molecule has 3 aromatic carbocycles. The fourth-order valence-electron chi connectivity index (χ4n) is 4.35. The summed E-state index contributed by atoms with van der Waals surface area (Å²) in [6.07, 6.45) is 4.56. The van der Waals surface area contributed by atoms with Gasteiger partial charge in [-0.15, -0.1) is 0 Å². The molecule has 0 saturated heterocycles. The van der Waals surface area contributed by atoms with Gasteiger partial charge >= 0.3 is 0 Å². The molecular weight excluding hydrogens is 486 g/mol. The number of phenols is 1. The molecule has 3 aromatic rings. The molecule has 0 fully saturated rings. The number of amides is 1. The molecule has 39 heavy (non-hydrogen) atoms. The van der Waals surface area contributed by atoms with Crippen LogP contribution in [0.1, 0.15) is 58.4 Å². The van der Waals surface area contributed by atoms with Crippen molar-refractivity contribution >= 4 is 28.9 Å². The third kappa shape index (κ3) is 7.20. The quantitative estimate of drug-likeness (QED) is 0.275. The Kier molecular flexibility index (Phi) is 8.56. The summed E-state index contributed by atoms with van der Waals surface area (Å²) in [6, 6.07) is 20.3. The second-order valence-electron chi connectivity index (χ2n) is 9.73. The van der Waals surface area contributed by atoms with E-state index in [2.05, 4.69) is 23.8 Å². The molecule has 0 radical (unpaired) electrons. The molecule has 0 aliphatic carbocycles. The third-order valence-electron chi connectivity index (χ3n) is 6.57. The molecule has 4 rings (SSSR count). The number of carbonyl (C=O) groups excluding carboxylic acids is 2. The number of aliphatic imine (C=N–C) groups is 1. The maximum Gasteiger partial charge on any atom is 0.255 e. The Morgan fingerprint density at radius 1 is 1.13 bits per heavy atom. The standard InChI is InChI=1S/C33H33N3O3/c1-5-29(37)15-13-27-19-26(14-16-31(27)38)30-17-22(3)18-32(36-30)34-23(4)25-7-6-8-28(20-25)35-33(39)24-11-9-21(2)10-12-24/h5-12,14,16-17,19-20,23,38H,1,3,13,15,18H2,2,4H3,(H,34,36)(H,35,39). The molecule has 3 N–H and O–H groups in total. The minimum absolute atomic E-state index is 0.0645. The number of hydrogen-bond acceptors (Lipinski definition) is 4. The highest BCUT2D eigenvalue weighted by atomic mass is 16.3. The van der Waals surface area contributed by atoms with Crippen molar-refractivity contribution in [3.63, 3.8) is 0 Å². The number of nitrogens with zero attached hydrogens (tertiary/aromatic N) is 1. The first kappa shape index (κ1) is 27.3. The van der Waals surface area contributed by atoms with Crippen LogP contribution in [0, 0.1) is 6.92 Å². The number of anilines is 1. The van der Waals surface area contributed by atoms with Crippen LogP contribution in [0.4, 0.5) is 5.69 Å². The summed E-state index contributed by atoms with van der Waals surface area (Å²) in [5, 5.41) is 16.7. The largest absolute Gasteiger partial charge is 0.508 e. The Balaban J connectivity index is 1.48. The van der Waals surface area contributed by atoms with Crippen molar-refractivity contribution < 1.29 is 14.7 Å². The van der Waals surface area contributed by atoms with Gasteiger partial charge in [-0.3, -0.25) is 14.6 Å². The van der Waals surface area contributed by atoms with E-state index in [0.717, 1.165) is 33.8 Å². The molecule has 1 atom stereocenters. The fourth-order valence-corrected chi connectivity index (χ4v) is 4.35. The normalized spacial score (nSPS) is 14.8. The highest BCUT2D eigenvalue weighted by Crippen LogP contribution is 2.28. The minimum atomic E-state index is -0.170. The van der Waals surface area contributed by atoms with Crippen LogP contribution in [-0.2, 0) is 11.2 Å². The zero-order valence-corrected chi connectivity index (χ0v) is 22.3. The number of aromatic hydroxyl groups is 1. The van der Waals surface area contributed by atoms with Gasteiger partial charge in [0.25, 0.3) is 5.91 Å². The van der Waals surface area contributed by atoms with Gasteiger partial charge in [0.05, 0.1) is 6.04 Å². The third-order valence-corrected chi connectivity index (χ3v) is 6.57. The minimum Gasteiger partial charge on any atom is -0.508 e. The van der Waals surface area contributed by atoms with E-state index in [9.17, 15) is 14.7 Å². The molecular formula is C33H33N3O3. The van der Waals surface area contributed by atoms with E-state index in [1.807, 2.05) is 80.6 Å². The zero-order chi connectivity index (χ0) is 27.9. The van der Waals surface area contributed by atoms with Crippen LogP contribution in [0.15, 0.2) is 103 Å². The Hall–Kier alpha value is -4.71. The van der Waals surface area contributed by atoms with Crippen molar-refractivity contribution in [2.24, 2.45) is 4.99 Å². The van der Waals surface area contributed by atoms with Crippen LogP contribution in [0.25, 0.3) is 5.70 Å². The number of carbonyl (C=O) groups is 2.